The highest BCUT2D eigenvalue weighted by molar-refractivity contribution is 5.95. The van der Waals surface area contributed by atoms with Crippen LogP contribution in [-0.4, -0.2) is 54.4 Å². The summed E-state index contributed by atoms with van der Waals surface area (Å²) in [5.74, 6) is 1.50. The van der Waals surface area contributed by atoms with Gasteiger partial charge in [0.2, 0.25) is 5.91 Å². The van der Waals surface area contributed by atoms with Gasteiger partial charge in [-0.15, -0.1) is 0 Å². The maximum atomic E-state index is 12.6. The molecule has 0 radical (unpaired) electrons. The second-order valence-electron chi connectivity index (χ2n) is 6.77. The van der Waals surface area contributed by atoms with Crippen molar-refractivity contribution in [3.63, 3.8) is 0 Å². The first-order valence-electron chi connectivity index (χ1n) is 8.50. The standard InChI is InChI=1S/C17H22N4O2/c22-16-14-11-21(10-13(14)9-19-16)15-8-12(4-5-18-15)17(23)20-6-2-1-3-7-20/h4-5,8,13-14H,1-3,6-7,9-11H2,(H,19,22)/t13-,14+/m0/s1. The number of carbonyl (C=O) groups is 2. The molecule has 3 aliphatic heterocycles. The smallest absolute Gasteiger partial charge is 0.254 e. The Morgan fingerprint density at radius 3 is 2.83 bits per heavy atom. The Labute approximate surface area is 135 Å². The monoisotopic (exact) mass is 314 g/mol. The Hall–Kier alpha value is -2.11. The lowest BCUT2D eigenvalue weighted by Gasteiger charge is -2.27. The van der Waals surface area contributed by atoms with Crippen molar-refractivity contribution in [2.75, 3.05) is 37.6 Å². The normalized spacial score (nSPS) is 27.0. The van der Waals surface area contributed by atoms with E-state index in [0.29, 0.717) is 18.0 Å². The van der Waals surface area contributed by atoms with Gasteiger partial charge in [-0.05, 0) is 31.4 Å². The van der Waals surface area contributed by atoms with E-state index in [2.05, 4.69) is 15.2 Å². The van der Waals surface area contributed by atoms with Crippen LogP contribution in [0.25, 0.3) is 0 Å². The van der Waals surface area contributed by atoms with Gasteiger partial charge in [-0.25, -0.2) is 4.98 Å². The van der Waals surface area contributed by atoms with E-state index < -0.39 is 0 Å². The fourth-order valence-corrected chi connectivity index (χ4v) is 3.93. The minimum absolute atomic E-state index is 0.0678. The van der Waals surface area contributed by atoms with Gasteiger partial charge < -0.3 is 15.1 Å². The predicted octanol–water partition coefficient (Wildman–Crippen LogP) is 0.890. The Kier molecular flexibility index (Phi) is 3.67. The van der Waals surface area contributed by atoms with E-state index in [9.17, 15) is 9.59 Å². The van der Waals surface area contributed by atoms with Gasteiger partial charge in [0.15, 0.2) is 0 Å². The van der Waals surface area contributed by atoms with Crippen molar-refractivity contribution in [2.24, 2.45) is 11.8 Å². The number of piperidine rings is 1. The van der Waals surface area contributed by atoms with E-state index in [1.165, 1.54) is 6.42 Å². The molecule has 0 spiro atoms. The van der Waals surface area contributed by atoms with Crippen LogP contribution in [0.15, 0.2) is 18.3 Å². The Balaban J connectivity index is 1.50. The van der Waals surface area contributed by atoms with E-state index >= 15 is 0 Å². The maximum Gasteiger partial charge on any atom is 0.254 e. The summed E-state index contributed by atoms with van der Waals surface area (Å²) in [5.41, 5.74) is 0.707. The van der Waals surface area contributed by atoms with Crippen LogP contribution in [0.4, 0.5) is 5.82 Å². The van der Waals surface area contributed by atoms with Crippen LogP contribution in [-0.2, 0) is 4.79 Å². The molecular weight excluding hydrogens is 292 g/mol. The number of pyridine rings is 1. The Morgan fingerprint density at radius 1 is 1.22 bits per heavy atom. The van der Waals surface area contributed by atoms with Crippen molar-refractivity contribution >= 4 is 17.6 Å². The number of likely N-dealkylation sites (tertiary alicyclic amines) is 1. The largest absolute Gasteiger partial charge is 0.355 e. The molecular formula is C17H22N4O2. The lowest BCUT2D eigenvalue weighted by molar-refractivity contribution is -0.122. The molecule has 0 aliphatic carbocycles. The number of nitrogens with zero attached hydrogens (tertiary/aromatic N) is 3. The fourth-order valence-electron chi connectivity index (χ4n) is 3.93. The number of anilines is 1. The zero-order valence-electron chi connectivity index (χ0n) is 13.2. The van der Waals surface area contributed by atoms with Gasteiger partial charge in [-0.3, -0.25) is 9.59 Å². The summed E-state index contributed by atoms with van der Waals surface area (Å²) in [7, 11) is 0. The van der Waals surface area contributed by atoms with Gasteiger partial charge in [0.1, 0.15) is 5.82 Å². The summed E-state index contributed by atoms with van der Waals surface area (Å²) in [4.78, 5) is 32.9. The zero-order valence-corrected chi connectivity index (χ0v) is 13.2. The van der Waals surface area contributed by atoms with Gasteiger partial charge in [-0.1, -0.05) is 0 Å². The number of amides is 2. The second kappa shape index (κ2) is 5.83. The molecule has 3 saturated heterocycles. The molecule has 4 heterocycles. The summed E-state index contributed by atoms with van der Waals surface area (Å²) in [6, 6.07) is 3.68. The minimum atomic E-state index is 0.0678. The van der Waals surface area contributed by atoms with Crippen LogP contribution in [0.1, 0.15) is 29.6 Å². The van der Waals surface area contributed by atoms with Crippen molar-refractivity contribution in [3.8, 4) is 0 Å². The molecule has 6 heteroatoms. The molecule has 0 unspecified atom stereocenters. The minimum Gasteiger partial charge on any atom is -0.355 e. The number of hydrogen-bond acceptors (Lipinski definition) is 4. The van der Waals surface area contributed by atoms with Crippen LogP contribution in [0.5, 0.6) is 0 Å². The van der Waals surface area contributed by atoms with Crippen molar-refractivity contribution in [2.45, 2.75) is 19.3 Å². The average molecular weight is 314 g/mol. The van der Waals surface area contributed by atoms with Gasteiger partial charge in [0.05, 0.1) is 5.92 Å². The van der Waals surface area contributed by atoms with Crippen molar-refractivity contribution in [3.05, 3.63) is 23.9 Å². The van der Waals surface area contributed by atoms with Gasteiger partial charge in [-0.2, -0.15) is 0 Å². The van der Waals surface area contributed by atoms with Crippen LogP contribution in [0.2, 0.25) is 0 Å². The second-order valence-corrected chi connectivity index (χ2v) is 6.77. The predicted molar refractivity (Wildman–Crippen MR) is 86.2 cm³/mol. The summed E-state index contributed by atoms with van der Waals surface area (Å²) >= 11 is 0. The van der Waals surface area contributed by atoms with Gasteiger partial charge >= 0.3 is 0 Å². The van der Waals surface area contributed by atoms with Crippen LogP contribution in [0.3, 0.4) is 0 Å². The molecule has 4 rings (SSSR count). The van der Waals surface area contributed by atoms with E-state index in [4.69, 9.17) is 0 Å². The van der Waals surface area contributed by atoms with E-state index in [1.807, 2.05) is 11.0 Å². The highest BCUT2D eigenvalue weighted by Gasteiger charge is 2.42. The molecule has 2 amide bonds. The van der Waals surface area contributed by atoms with Crippen LogP contribution >= 0.6 is 0 Å². The van der Waals surface area contributed by atoms with Crippen LogP contribution in [0, 0.1) is 11.8 Å². The van der Waals surface area contributed by atoms with Gasteiger partial charge in [0.25, 0.3) is 5.91 Å². The summed E-state index contributed by atoms with van der Waals surface area (Å²) in [5, 5.41) is 2.92. The summed E-state index contributed by atoms with van der Waals surface area (Å²) < 4.78 is 0. The Bertz CT molecular complexity index is 627. The highest BCUT2D eigenvalue weighted by atomic mass is 16.2. The number of rotatable bonds is 2. The third-order valence-corrected chi connectivity index (χ3v) is 5.28. The SMILES string of the molecule is O=C1NC[C@H]2CN(c3cc(C(=O)N4CCCCC4)ccn3)C[C@@H]12. The van der Waals surface area contributed by atoms with E-state index in [-0.39, 0.29) is 17.7 Å². The molecule has 1 N–H and O–H groups in total. The molecule has 122 valence electrons. The first kappa shape index (κ1) is 14.5. The van der Waals surface area contributed by atoms with Crippen molar-refractivity contribution in [1.29, 1.82) is 0 Å². The third-order valence-electron chi connectivity index (χ3n) is 5.28. The molecule has 1 aromatic heterocycles. The topological polar surface area (TPSA) is 65.5 Å². The molecule has 3 fully saturated rings. The molecule has 23 heavy (non-hydrogen) atoms. The fraction of sp³-hybridized carbons (Fsp3) is 0.588. The maximum absolute atomic E-state index is 12.6. The van der Waals surface area contributed by atoms with Gasteiger partial charge in [0, 0.05) is 50.4 Å². The first-order valence-corrected chi connectivity index (χ1v) is 8.50. The number of fused-ring (bicyclic) bond motifs is 1. The quantitative estimate of drug-likeness (QED) is 0.880. The third kappa shape index (κ3) is 2.66. The number of hydrogen-bond donors (Lipinski definition) is 1. The zero-order chi connectivity index (χ0) is 15.8. The van der Waals surface area contributed by atoms with E-state index in [1.54, 1.807) is 12.3 Å². The average Bonchev–Trinajstić information content (AvgIpc) is 3.18. The first-order chi connectivity index (χ1) is 11.2. The number of carbonyl (C=O) groups excluding carboxylic acids is 2. The summed E-state index contributed by atoms with van der Waals surface area (Å²) in [6.07, 6.45) is 5.10. The highest BCUT2D eigenvalue weighted by Crippen LogP contribution is 2.30. The van der Waals surface area contributed by atoms with Crippen molar-refractivity contribution < 1.29 is 9.59 Å². The van der Waals surface area contributed by atoms with E-state index in [0.717, 1.165) is 44.8 Å². The molecule has 1 aromatic rings. The number of nitrogens with one attached hydrogen (secondary N) is 1. The lowest BCUT2D eigenvalue weighted by Crippen LogP contribution is -2.35. The summed E-state index contributed by atoms with van der Waals surface area (Å²) in [6.45, 7) is 3.99. The lowest BCUT2D eigenvalue weighted by atomic mass is 10.0. The van der Waals surface area contributed by atoms with Crippen molar-refractivity contribution in [1.82, 2.24) is 15.2 Å². The Morgan fingerprint density at radius 2 is 2.04 bits per heavy atom. The molecule has 6 nitrogen and oxygen atoms in total. The molecule has 3 aliphatic rings. The molecule has 2 atom stereocenters. The molecule has 0 saturated carbocycles. The molecule has 0 aromatic carbocycles. The number of aromatic nitrogens is 1. The molecule has 0 bridgehead atoms. The van der Waals surface area contributed by atoms with Crippen LogP contribution < -0.4 is 10.2 Å².